The van der Waals surface area contributed by atoms with E-state index in [0.717, 1.165) is 47.7 Å². The van der Waals surface area contributed by atoms with Crippen molar-refractivity contribution in [2.24, 2.45) is 5.92 Å². The molecule has 0 unspecified atom stereocenters. The molecule has 8 nitrogen and oxygen atoms in total. The van der Waals surface area contributed by atoms with Crippen LogP contribution in [0.2, 0.25) is 0 Å². The zero-order valence-electron chi connectivity index (χ0n) is 19.5. The number of aromatic nitrogens is 3. The number of rotatable bonds is 6. The van der Waals surface area contributed by atoms with Crippen LogP contribution >= 0.6 is 0 Å². The SMILES string of the molecule is C[C@@H]1OC(=O)c2ccc(Nc3cc4c([C@](C)(O)C5CC5)cnc(OC5CC5)c4cn3)nc2[C@H]1C. The molecule has 6 rings (SSSR count). The Bertz CT molecular complexity index is 1300. The minimum atomic E-state index is -0.974. The largest absolute Gasteiger partial charge is 0.474 e. The molecule has 2 aliphatic carbocycles. The fraction of sp³-hybridized carbons (Fsp3) is 0.462. The van der Waals surface area contributed by atoms with Gasteiger partial charge in [0.15, 0.2) is 0 Å². The van der Waals surface area contributed by atoms with Crippen LogP contribution in [0.3, 0.4) is 0 Å². The highest BCUT2D eigenvalue weighted by atomic mass is 16.5. The monoisotopic (exact) mass is 460 g/mol. The van der Waals surface area contributed by atoms with E-state index in [1.165, 1.54) is 0 Å². The third-order valence-corrected chi connectivity index (χ3v) is 7.28. The fourth-order valence-corrected chi connectivity index (χ4v) is 4.64. The van der Waals surface area contributed by atoms with Crippen LogP contribution in [0.15, 0.2) is 30.6 Å². The quantitative estimate of drug-likeness (QED) is 0.515. The van der Waals surface area contributed by atoms with Gasteiger partial charge in [-0.15, -0.1) is 0 Å². The van der Waals surface area contributed by atoms with Crippen LogP contribution in [0.4, 0.5) is 11.6 Å². The molecule has 3 aromatic rings. The van der Waals surface area contributed by atoms with Crippen LogP contribution < -0.4 is 10.1 Å². The zero-order chi connectivity index (χ0) is 23.6. The Morgan fingerprint density at radius 1 is 1.09 bits per heavy atom. The molecule has 0 radical (unpaired) electrons. The molecule has 0 bridgehead atoms. The second-order valence-corrected chi connectivity index (χ2v) is 9.98. The Balaban J connectivity index is 1.39. The number of anilines is 2. The number of fused-ring (bicyclic) bond motifs is 2. The van der Waals surface area contributed by atoms with Gasteiger partial charge in [0.1, 0.15) is 23.8 Å². The number of carbonyl (C=O) groups is 1. The lowest BCUT2D eigenvalue weighted by Crippen LogP contribution is -2.29. The van der Waals surface area contributed by atoms with Gasteiger partial charge in [0.2, 0.25) is 5.88 Å². The fourth-order valence-electron chi connectivity index (χ4n) is 4.64. The summed E-state index contributed by atoms with van der Waals surface area (Å²) >= 11 is 0. The molecule has 2 N–H and O–H groups in total. The van der Waals surface area contributed by atoms with Gasteiger partial charge in [-0.3, -0.25) is 0 Å². The third-order valence-electron chi connectivity index (χ3n) is 7.28. The summed E-state index contributed by atoms with van der Waals surface area (Å²) < 4.78 is 11.4. The minimum Gasteiger partial charge on any atom is -0.474 e. The standard InChI is InChI=1S/C26H28N4O4/c1-13-14(2)33-25(31)17-8-9-21(30-23(13)17)29-22-10-18-19(11-27-22)24(34-16-6-7-16)28-12-20(18)26(3,32)15-4-5-15/h8-16,32H,4-7H2,1-3H3,(H,27,29,30)/t13-,14-,26+/m0/s1. The number of esters is 1. The van der Waals surface area contributed by atoms with Crippen LogP contribution in [-0.2, 0) is 10.3 Å². The van der Waals surface area contributed by atoms with Crippen LogP contribution in [0, 0.1) is 5.92 Å². The molecule has 0 aromatic carbocycles. The molecule has 3 aromatic heterocycles. The molecule has 2 saturated carbocycles. The van der Waals surface area contributed by atoms with Crippen molar-refractivity contribution < 1.29 is 19.4 Å². The van der Waals surface area contributed by atoms with Crippen molar-refractivity contribution in [1.29, 1.82) is 0 Å². The summed E-state index contributed by atoms with van der Waals surface area (Å²) in [5, 5.41) is 16.3. The Morgan fingerprint density at radius 2 is 1.88 bits per heavy atom. The average Bonchev–Trinajstić information content (AvgIpc) is 3.71. The highest BCUT2D eigenvalue weighted by molar-refractivity contribution is 5.93. The molecule has 1 aliphatic heterocycles. The Morgan fingerprint density at radius 3 is 2.62 bits per heavy atom. The van der Waals surface area contributed by atoms with E-state index in [1.54, 1.807) is 24.5 Å². The molecule has 34 heavy (non-hydrogen) atoms. The topological polar surface area (TPSA) is 106 Å². The Labute approximate surface area is 197 Å². The van der Waals surface area contributed by atoms with Crippen molar-refractivity contribution in [3.63, 3.8) is 0 Å². The van der Waals surface area contributed by atoms with Gasteiger partial charge in [0.05, 0.1) is 22.2 Å². The van der Waals surface area contributed by atoms with Gasteiger partial charge in [-0.1, -0.05) is 6.92 Å². The number of ether oxygens (including phenoxy) is 2. The van der Waals surface area contributed by atoms with Crippen molar-refractivity contribution in [3.05, 3.63) is 47.4 Å². The first-order chi connectivity index (χ1) is 16.3. The van der Waals surface area contributed by atoms with E-state index in [9.17, 15) is 9.90 Å². The predicted molar refractivity (Wildman–Crippen MR) is 126 cm³/mol. The molecular formula is C26H28N4O4. The maximum absolute atomic E-state index is 12.2. The van der Waals surface area contributed by atoms with Crippen LogP contribution in [0.5, 0.6) is 5.88 Å². The first-order valence-corrected chi connectivity index (χ1v) is 12.0. The maximum Gasteiger partial charge on any atom is 0.340 e. The molecule has 2 fully saturated rings. The average molecular weight is 461 g/mol. The van der Waals surface area contributed by atoms with E-state index < -0.39 is 5.60 Å². The first-order valence-electron chi connectivity index (χ1n) is 12.0. The van der Waals surface area contributed by atoms with Gasteiger partial charge in [-0.2, -0.15) is 0 Å². The summed E-state index contributed by atoms with van der Waals surface area (Å²) in [6.07, 6.45) is 7.54. The molecule has 176 valence electrons. The molecular weight excluding hydrogens is 432 g/mol. The molecule has 0 spiro atoms. The van der Waals surface area contributed by atoms with E-state index in [0.29, 0.717) is 23.1 Å². The second-order valence-electron chi connectivity index (χ2n) is 9.98. The normalized spacial score (nSPS) is 23.7. The van der Waals surface area contributed by atoms with Crippen molar-refractivity contribution in [2.45, 2.75) is 70.2 Å². The van der Waals surface area contributed by atoms with Gasteiger partial charge in [-0.25, -0.2) is 19.7 Å². The summed E-state index contributed by atoms with van der Waals surface area (Å²) in [6.45, 7) is 5.74. The lowest BCUT2D eigenvalue weighted by atomic mass is 9.89. The summed E-state index contributed by atoms with van der Waals surface area (Å²) in [5.41, 5.74) is 1.02. The number of carbonyl (C=O) groups excluding carboxylic acids is 1. The highest BCUT2D eigenvalue weighted by Crippen LogP contribution is 2.48. The number of nitrogens with one attached hydrogen (secondary N) is 1. The zero-order valence-corrected chi connectivity index (χ0v) is 19.5. The lowest BCUT2D eigenvalue weighted by molar-refractivity contribution is 0.0235. The summed E-state index contributed by atoms with van der Waals surface area (Å²) in [5.74, 6) is 1.62. The van der Waals surface area contributed by atoms with Crippen LogP contribution in [-0.4, -0.2) is 38.2 Å². The lowest BCUT2D eigenvalue weighted by Gasteiger charge is -2.27. The number of hydrogen-bond acceptors (Lipinski definition) is 8. The maximum atomic E-state index is 12.2. The molecule has 3 aliphatic rings. The van der Waals surface area contributed by atoms with Crippen molar-refractivity contribution in [1.82, 2.24) is 15.0 Å². The second kappa shape index (κ2) is 7.63. The molecule has 4 heterocycles. The van der Waals surface area contributed by atoms with E-state index in [2.05, 4.69) is 15.3 Å². The molecule has 3 atom stereocenters. The Kier molecular flexibility index (Phi) is 4.78. The van der Waals surface area contributed by atoms with E-state index in [-0.39, 0.29) is 30.0 Å². The van der Waals surface area contributed by atoms with Gasteiger partial charge in [-0.05, 0) is 69.0 Å². The number of hydrogen-bond donors (Lipinski definition) is 2. The smallest absolute Gasteiger partial charge is 0.340 e. The number of pyridine rings is 3. The third kappa shape index (κ3) is 3.66. The summed E-state index contributed by atoms with van der Waals surface area (Å²) in [7, 11) is 0. The van der Waals surface area contributed by atoms with E-state index in [1.807, 2.05) is 26.8 Å². The summed E-state index contributed by atoms with van der Waals surface area (Å²) in [4.78, 5) is 26.1. The van der Waals surface area contributed by atoms with E-state index >= 15 is 0 Å². The molecule has 0 amide bonds. The van der Waals surface area contributed by atoms with Crippen LogP contribution in [0.1, 0.15) is 74.0 Å². The van der Waals surface area contributed by atoms with Crippen molar-refractivity contribution in [3.8, 4) is 5.88 Å². The predicted octanol–water partition coefficient (Wildman–Crippen LogP) is 4.59. The van der Waals surface area contributed by atoms with Gasteiger partial charge in [0, 0.05) is 23.9 Å². The van der Waals surface area contributed by atoms with Crippen molar-refractivity contribution >= 4 is 28.4 Å². The highest BCUT2D eigenvalue weighted by Gasteiger charge is 2.42. The number of nitrogens with zero attached hydrogens (tertiary/aromatic N) is 3. The van der Waals surface area contributed by atoms with Gasteiger partial charge in [0.25, 0.3) is 0 Å². The Hall–Kier alpha value is -3.26. The van der Waals surface area contributed by atoms with Crippen LogP contribution in [0.25, 0.3) is 10.8 Å². The summed E-state index contributed by atoms with van der Waals surface area (Å²) in [6, 6.07) is 5.42. The minimum absolute atomic E-state index is 0.00698. The molecule has 0 saturated heterocycles. The molecule has 8 heteroatoms. The van der Waals surface area contributed by atoms with E-state index in [4.69, 9.17) is 14.5 Å². The van der Waals surface area contributed by atoms with Gasteiger partial charge < -0.3 is 19.9 Å². The number of aliphatic hydroxyl groups is 1. The van der Waals surface area contributed by atoms with Crippen molar-refractivity contribution in [2.75, 3.05) is 5.32 Å². The first kappa shape index (κ1) is 21.3. The number of cyclic esters (lactones) is 1. The van der Waals surface area contributed by atoms with Gasteiger partial charge >= 0.3 is 5.97 Å².